The van der Waals surface area contributed by atoms with Gasteiger partial charge in [-0.1, -0.05) is 20.8 Å². The lowest BCUT2D eigenvalue weighted by Crippen LogP contribution is -2.44. The topological polar surface area (TPSA) is 24.5 Å². The molecule has 102 valence electrons. The second-order valence-corrected chi connectivity index (χ2v) is 6.07. The molecule has 1 rings (SSSR count). The second-order valence-electron chi connectivity index (χ2n) is 6.07. The molecule has 1 aliphatic rings. The molecule has 0 aromatic carbocycles. The molecule has 1 aliphatic heterocycles. The average Bonchev–Trinajstić information content (AvgIpc) is 2.65. The maximum Gasteiger partial charge on any atom is 0.0547 e. The molecule has 0 radical (unpaired) electrons. The monoisotopic (exact) mass is 242 g/mol. The summed E-state index contributed by atoms with van der Waals surface area (Å²) in [6.45, 7) is 13.2. The van der Waals surface area contributed by atoms with E-state index >= 15 is 0 Å². The highest BCUT2D eigenvalue weighted by Crippen LogP contribution is 2.29. The van der Waals surface area contributed by atoms with Gasteiger partial charge in [-0.05, 0) is 32.4 Å². The Morgan fingerprint density at radius 2 is 2.18 bits per heavy atom. The van der Waals surface area contributed by atoms with Crippen LogP contribution in [0.3, 0.4) is 0 Å². The molecule has 0 bridgehead atoms. The molecule has 1 fully saturated rings. The highest BCUT2D eigenvalue weighted by Gasteiger charge is 2.35. The van der Waals surface area contributed by atoms with Gasteiger partial charge in [0.25, 0.3) is 0 Å². The van der Waals surface area contributed by atoms with Gasteiger partial charge in [-0.25, -0.2) is 0 Å². The van der Waals surface area contributed by atoms with Crippen LogP contribution >= 0.6 is 0 Å². The first-order valence-corrected chi connectivity index (χ1v) is 7.05. The highest BCUT2D eigenvalue weighted by atomic mass is 16.5. The molecular weight excluding hydrogens is 212 g/mol. The summed E-state index contributed by atoms with van der Waals surface area (Å²) in [5.41, 5.74) is 0.346. The van der Waals surface area contributed by atoms with Gasteiger partial charge in [0.15, 0.2) is 0 Å². The van der Waals surface area contributed by atoms with E-state index in [0.717, 1.165) is 38.8 Å². The zero-order valence-electron chi connectivity index (χ0n) is 12.1. The minimum atomic E-state index is 0.346. The van der Waals surface area contributed by atoms with Gasteiger partial charge in [0.1, 0.15) is 0 Å². The Labute approximate surface area is 107 Å². The summed E-state index contributed by atoms with van der Waals surface area (Å²) in [6.07, 6.45) is 2.41. The maximum absolute atomic E-state index is 5.63. The van der Waals surface area contributed by atoms with Crippen LogP contribution in [0.1, 0.15) is 33.6 Å². The van der Waals surface area contributed by atoms with Gasteiger partial charge >= 0.3 is 0 Å². The predicted octanol–water partition coefficient (Wildman–Crippen LogP) is 1.98. The number of rotatable bonds is 8. The largest absolute Gasteiger partial charge is 0.381 e. The molecule has 3 nitrogen and oxygen atoms in total. The van der Waals surface area contributed by atoms with Crippen molar-refractivity contribution < 1.29 is 4.74 Å². The van der Waals surface area contributed by atoms with Crippen molar-refractivity contribution in [2.75, 3.05) is 46.4 Å². The first-order chi connectivity index (χ1) is 8.08. The average molecular weight is 242 g/mol. The summed E-state index contributed by atoms with van der Waals surface area (Å²) in [4.78, 5) is 2.47. The first-order valence-electron chi connectivity index (χ1n) is 7.05. The second kappa shape index (κ2) is 7.34. The Bertz CT molecular complexity index is 200. The van der Waals surface area contributed by atoms with Gasteiger partial charge < -0.3 is 15.0 Å². The van der Waals surface area contributed by atoms with E-state index < -0.39 is 0 Å². The van der Waals surface area contributed by atoms with Crippen molar-refractivity contribution >= 4 is 0 Å². The molecule has 0 aliphatic carbocycles. The summed E-state index contributed by atoms with van der Waals surface area (Å²) < 4.78 is 5.63. The lowest BCUT2D eigenvalue weighted by molar-refractivity contribution is 0.114. The third kappa shape index (κ3) is 5.36. The van der Waals surface area contributed by atoms with Crippen molar-refractivity contribution in [2.45, 2.75) is 33.6 Å². The fourth-order valence-corrected chi connectivity index (χ4v) is 2.76. The summed E-state index contributed by atoms with van der Waals surface area (Å²) in [7, 11) is 2.24. The van der Waals surface area contributed by atoms with Gasteiger partial charge in [-0.15, -0.1) is 0 Å². The molecule has 0 saturated carbocycles. The molecule has 1 atom stereocenters. The Balaban J connectivity index is 2.41. The van der Waals surface area contributed by atoms with E-state index in [2.05, 4.69) is 38.0 Å². The number of nitrogens with one attached hydrogen (secondary N) is 1. The molecule has 1 saturated heterocycles. The minimum absolute atomic E-state index is 0.346. The molecule has 3 heteroatoms. The molecule has 1 heterocycles. The smallest absolute Gasteiger partial charge is 0.0547 e. The molecule has 0 amide bonds. The minimum Gasteiger partial charge on any atom is -0.381 e. The van der Waals surface area contributed by atoms with E-state index in [1.807, 2.05) is 0 Å². The molecule has 1 unspecified atom stereocenters. The zero-order valence-corrected chi connectivity index (χ0v) is 12.1. The van der Waals surface area contributed by atoms with Crippen LogP contribution in [0.5, 0.6) is 0 Å². The van der Waals surface area contributed by atoms with Crippen LogP contribution in [0.4, 0.5) is 0 Å². The van der Waals surface area contributed by atoms with Gasteiger partial charge in [0.05, 0.1) is 6.61 Å². The third-order valence-electron chi connectivity index (χ3n) is 3.39. The summed E-state index contributed by atoms with van der Waals surface area (Å²) in [5, 5.41) is 3.57. The van der Waals surface area contributed by atoms with Crippen molar-refractivity contribution in [3.63, 3.8) is 0 Å². The van der Waals surface area contributed by atoms with Gasteiger partial charge in [-0.3, -0.25) is 0 Å². The predicted molar refractivity (Wildman–Crippen MR) is 73.4 cm³/mol. The van der Waals surface area contributed by atoms with E-state index in [1.54, 1.807) is 0 Å². The maximum atomic E-state index is 5.63. The Hall–Kier alpha value is -0.120. The number of ether oxygens (including phenoxy) is 1. The van der Waals surface area contributed by atoms with E-state index in [-0.39, 0.29) is 0 Å². The van der Waals surface area contributed by atoms with Crippen LogP contribution in [0, 0.1) is 11.3 Å². The zero-order chi connectivity index (χ0) is 12.7. The van der Waals surface area contributed by atoms with E-state index in [9.17, 15) is 0 Å². The van der Waals surface area contributed by atoms with Crippen LogP contribution in [-0.4, -0.2) is 51.3 Å². The normalized spacial score (nSPS) is 25.1. The SMILES string of the molecule is CCCNCC1(CN(C)CC(C)C)CCOC1. The third-order valence-corrected chi connectivity index (χ3v) is 3.39. The Morgan fingerprint density at radius 1 is 1.41 bits per heavy atom. The summed E-state index contributed by atoms with van der Waals surface area (Å²) >= 11 is 0. The summed E-state index contributed by atoms with van der Waals surface area (Å²) in [6, 6.07) is 0. The van der Waals surface area contributed by atoms with Crippen LogP contribution in [0.25, 0.3) is 0 Å². The Kier molecular flexibility index (Phi) is 6.45. The fourth-order valence-electron chi connectivity index (χ4n) is 2.76. The van der Waals surface area contributed by atoms with E-state index in [4.69, 9.17) is 4.74 Å². The number of hydrogen-bond donors (Lipinski definition) is 1. The summed E-state index contributed by atoms with van der Waals surface area (Å²) in [5.74, 6) is 0.739. The van der Waals surface area contributed by atoms with Crippen LogP contribution < -0.4 is 5.32 Å². The van der Waals surface area contributed by atoms with Gasteiger partial charge in [0.2, 0.25) is 0 Å². The van der Waals surface area contributed by atoms with E-state index in [0.29, 0.717) is 5.41 Å². The van der Waals surface area contributed by atoms with Crippen LogP contribution in [0.2, 0.25) is 0 Å². The van der Waals surface area contributed by atoms with Crippen molar-refractivity contribution in [1.82, 2.24) is 10.2 Å². The molecule has 17 heavy (non-hydrogen) atoms. The van der Waals surface area contributed by atoms with Crippen LogP contribution in [-0.2, 0) is 4.74 Å². The van der Waals surface area contributed by atoms with E-state index in [1.165, 1.54) is 19.4 Å². The highest BCUT2D eigenvalue weighted by molar-refractivity contribution is 4.88. The van der Waals surface area contributed by atoms with Crippen molar-refractivity contribution in [2.24, 2.45) is 11.3 Å². The quantitative estimate of drug-likeness (QED) is 0.659. The molecular formula is C14H30N2O. The first kappa shape index (κ1) is 14.9. The molecule has 0 spiro atoms. The van der Waals surface area contributed by atoms with Crippen molar-refractivity contribution in [3.05, 3.63) is 0 Å². The number of nitrogens with zero attached hydrogens (tertiary/aromatic N) is 1. The van der Waals surface area contributed by atoms with Crippen molar-refractivity contribution in [1.29, 1.82) is 0 Å². The van der Waals surface area contributed by atoms with Gasteiger partial charge in [0, 0.05) is 31.7 Å². The molecule has 1 N–H and O–H groups in total. The lowest BCUT2D eigenvalue weighted by Gasteiger charge is -2.33. The van der Waals surface area contributed by atoms with Gasteiger partial charge in [-0.2, -0.15) is 0 Å². The Morgan fingerprint density at radius 3 is 2.71 bits per heavy atom. The fraction of sp³-hybridized carbons (Fsp3) is 1.00. The van der Waals surface area contributed by atoms with Crippen LogP contribution in [0.15, 0.2) is 0 Å². The lowest BCUT2D eigenvalue weighted by atomic mass is 9.86. The number of hydrogen-bond acceptors (Lipinski definition) is 3. The van der Waals surface area contributed by atoms with Crippen molar-refractivity contribution in [3.8, 4) is 0 Å². The standard InChI is InChI=1S/C14H30N2O/c1-5-7-15-10-14(6-8-17-12-14)11-16(4)9-13(2)3/h13,15H,5-12H2,1-4H3. The molecule has 0 aromatic heterocycles. The molecule has 0 aromatic rings.